The minimum atomic E-state index is -0.219. The lowest BCUT2D eigenvalue weighted by Crippen LogP contribution is -2.08. The molecule has 1 rings (SSSR count). The van der Waals surface area contributed by atoms with Crippen LogP contribution in [-0.4, -0.2) is 11.3 Å². The van der Waals surface area contributed by atoms with Gasteiger partial charge in [0, 0.05) is 6.20 Å². The summed E-state index contributed by atoms with van der Waals surface area (Å²) in [6, 6.07) is 1.69. The molecule has 0 amide bonds. The summed E-state index contributed by atoms with van der Waals surface area (Å²) in [5, 5.41) is 0. The van der Waals surface area contributed by atoms with E-state index < -0.39 is 0 Å². The average Bonchev–Trinajstić information content (AvgIpc) is 2.11. The number of pyridine rings is 1. The first-order valence-corrected chi connectivity index (χ1v) is 3.86. The molecule has 0 aliphatic rings. The number of carbonyl (C=O) groups is 1. The van der Waals surface area contributed by atoms with Gasteiger partial charge < -0.3 is 9.78 Å². The molecule has 1 N–H and O–H groups in total. The highest BCUT2D eigenvalue weighted by atomic mass is 16.1. The van der Waals surface area contributed by atoms with Crippen molar-refractivity contribution in [1.82, 2.24) is 4.98 Å². The molecule has 0 atom stereocenters. The predicted molar refractivity (Wildman–Crippen MR) is 49.4 cm³/mol. The number of H-pyrrole nitrogens is 1. The Bertz CT molecular complexity index is 421. The van der Waals surface area contributed by atoms with E-state index >= 15 is 0 Å². The Hall–Kier alpha value is -1.82. The number of hydrogen-bond donors (Lipinski definition) is 1. The zero-order valence-electron chi connectivity index (χ0n) is 7.26. The molecule has 0 aromatic carbocycles. The van der Waals surface area contributed by atoms with E-state index in [1.807, 2.05) is 6.92 Å². The summed E-state index contributed by atoms with van der Waals surface area (Å²) in [7, 11) is 0. The zero-order chi connectivity index (χ0) is 9.68. The van der Waals surface area contributed by atoms with Crippen LogP contribution in [0.4, 0.5) is 0 Å². The third kappa shape index (κ3) is 2.60. The Morgan fingerprint density at radius 3 is 3.08 bits per heavy atom. The first-order valence-electron chi connectivity index (χ1n) is 3.86. The molecule has 0 unspecified atom stereocenters. The highest BCUT2D eigenvalue weighted by molar-refractivity contribution is 5.54. The standard InChI is InChI=1S/C10H9NO2/c1-8-6-9(4-2-3-5-12)10(13)11-7-8/h5-7H,3H2,1H3,(H,11,13). The van der Waals surface area contributed by atoms with Gasteiger partial charge in [0.05, 0.1) is 12.0 Å². The highest BCUT2D eigenvalue weighted by Crippen LogP contribution is 1.93. The number of aromatic nitrogens is 1. The van der Waals surface area contributed by atoms with E-state index in [2.05, 4.69) is 16.8 Å². The third-order valence-corrected chi connectivity index (χ3v) is 1.46. The molecule has 1 aromatic heterocycles. The van der Waals surface area contributed by atoms with Crippen LogP contribution in [-0.2, 0) is 4.79 Å². The molecular formula is C10H9NO2. The molecule has 1 heterocycles. The molecule has 66 valence electrons. The quantitative estimate of drug-likeness (QED) is 0.502. The largest absolute Gasteiger partial charge is 0.328 e. The van der Waals surface area contributed by atoms with Crippen molar-refractivity contribution in [2.24, 2.45) is 0 Å². The number of carbonyl (C=O) groups excluding carboxylic acids is 1. The molecule has 0 fully saturated rings. The van der Waals surface area contributed by atoms with Crippen molar-refractivity contribution < 1.29 is 4.79 Å². The van der Waals surface area contributed by atoms with Gasteiger partial charge in [0.1, 0.15) is 6.29 Å². The van der Waals surface area contributed by atoms with Crippen LogP contribution in [0.5, 0.6) is 0 Å². The van der Waals surface area contributed by atoms with Crippen LogP contribution < -0.4 is 5.56 Å². The SMILES string of the molecule is Cc1c[nH]c(=O)c(C#CCC=O)c1. The fourth-order valence-corrected chi connectivity index (χ4v) is 0.873. The van der Waals surface area contributed by atoms with E-state index in [-0.39, 0.29) is 12.0 Å². The minimum absolute atomic E-state index is 0.160. The summed E-state index contributed by atoms with van der Waals surface area (Å²) in [5.41, 5.74) is 1.13. The molecule has 0 saturated carbocycles. The Morgan fingerprint density at radius 1 is 1.62 bits per heavy atom. The molecular weight excluding hydrogens is 166 g/mol. The second kappa shape index (κ2) is 4.27. The summed E-state index contributed by atoms with van der Waals surface area (Å²) >= 11 is 0. The topological polar surface area (TPSA) is 49.9 Å². The van der Waals surface area contributed by atoms with E-state index in [1.165, 1.54) is 0 Å². The van der Waals surface area contributed by atoms with Gasteiger partial charge in [0.2, 0.25) is 0 Å². The van der Waals surface area contributed by atoms with E-state index in [4.69, 9.17) is 0 Å². The summed E-state index contributed by atoms with van der Waals surface area (Å²) < 4.78 is 0. The van der Waals surface area contributed by atoms with Gasteiger partial charge in [-0.25, -0.2) is 0 Å². The molecule has 0 bridgehead atoms. The van der Waals surface area contributed by atoms with Gasteiger partial charge in [0.25, 0.3) is 5.56 Å². The Balaban J connectivity index is 3.02. The van der Waals surface area contributed by atoms with E-state index in [1.54, 1.807) is 12.3 Å². The number of nitrogens with one attached hydrogen (secondary N) is 1. The Kier molecular flexibility index (Phi) is 3.04. The Morgan fingerprint density at radius 2 is 2.38 bits per heavy atom. The molecule has 0 spiro atoms. The van der Waals surface area contributed by atoms with Crippen molar-refractivity contribution in [2.45, 2.75) is 13.3 Å². The minimum Gasteiger partial charge on any atom is -0.328 e. The van der Waals surface area contributed by atoms with Crippen LogP contribution in [0.15, 0.2) is 17.1 Å². The normalized spacial score (nSPS) is 8.69. The summed E-state index contributed by atoms with van der Waals surface area (Å²) in [6.07, 6.45) is 2.48. The lowest BCUT2D eigenvalue weighted by atomic mass is 10.2. The number of aryl methyl sites for hydroxylation is 1. The van der Waals surface area contributed by atoms with Crippen molar-refractivity contribution in [1.29, 1.82) is 0 Å². The average molecular weight is 175 g/mol. The third-order valence-electron chi connectivity index (χ3n) is 1.46. The Labute approximate surface area is 75.8 Å². The van der Waals surface area contributed by atoms with Crippen LogP contribution in [0, 0.1) is 18.8 Å². The second-order valence-corrected chi connectivity index (χ2v) is 2.59. The molecule has 0 saturated heterocycles. The zero-order valence-corrected chi connectivity index (χ0v) is 7.26. The summed E-state index contributed by atoms with van der Waals surface area (Å²) in [6.45, 7) is 1.86. The maximum absolute atomic E-state index is 11.1. The maximum Gasteiger partial charge on any atom is 0.263 e. The number of aldehydes is 1. The first-order chi connectivity index (χ1) is 6.24. The van der Waals surface area contributed by atoms with Crippen LogP contribution in [0.25, 0.3) is 0 Å². The van der Waals surface area contributed by atoms with Gasteiger partial charge in [-0.15, -0.1) is 0 Å². The molecule has 0 aliphatic heterocycles. The van der Waals surface area contributed by atoms with Gasteiger partial charge in [-0.05, 0) is 18.6 Å². The van der Waals surface area contributed by atoms with E-state index in [0.717, 1.165) is 5.56 Å². The second-order valence-electron chi connectivity index (χ2n) is 2.59. The van der Waals surface area contributed by atoms with Crippen LogP contribution in [0.3, 0.4) is 0 Å². The van der Waals surface area contributed by atoms with Crippen LogP contribution >= 0.6 is 0 Å². The monoisotopic (exact) mass is 175 g/mol. The first kappa shape index (κ1) is 9.27. The molecule has 0 aliphatic carbocycles. The predicted octanol–water partition coefficient (Wildman–Crippen LogP) is 0.624. The smallest absolute Gasteiger partial charge is 0.263 e. The van der Waals surface area contributed by atoms with Gasteiger partial charge in [0.15, 0.2) is 0 Å². The van der Waals surface area contributed by atoms with Gasteiger partial charge in [-0.3, -0.25) is 4.79 Å². The molecule has 1 aromatic rings. The van der Waals surface area contributed by atoms with Crippen molar-refractivity contribution in [3.8, 4) is 11.8 Å². The van der Waals surface area contributed by atoms with Crippen molar-refractivity contribution in [3.63, 3.8) is 0 Å². The fraction of sp³-hybridized carbons (Fsp3) is 0.200. The number of hydrogen-bond acceptors (Lipinski definition) is 2. The molecule has 0 radical (unpaired) electrons. The lowest BCUT2D eigenvalue weighted by Gasteiger charge is -1.91. The van der Waals surface area contributed by atoms with Gasteiger partial charge in [-0.1, -0.05) is 11.8 Å². The van der Waals surface area contributed by atoms with Crippen molar-refractivity contribution >= 4 is 6.29 Å². The van der Waals surface area contributed by atoms with Crippen LogP contribution in [0.2, 0.25) is 0 Å². The highest BCUT2D eigenvalue weighted by Gasteiger charge is 1.93. The van der Waals surface area contributed by atoms with Crippen molar-refractivity contribution in [3.05, 3.63) is 33.7 Å². The van der Waals surface area contributed by atoms with Crippen molar-refractivity contribution in [2.75, 3.05) is 0 Å². The molecule has 3 nitrogen and oxygen atoms in total. The lowest BCUT2D eigenvalue weighted by molar-refractivity contribution is -0.107. The fourth-order valence-electron chi connectivity index (χ4n) is 0.873. The van der Waals surface area contributed by atoms with E-state index in [0.29, 0.717) is 11.8 Å². The van der Waals surface area contributed by atoms with Crippen LogP contribution in [0.1, 0.15) is 17.5 Å². The van der Waals surface area contributed by atoms with E-state index in [9.17, 15) is 9.59 Å². The number of rotatable bonds is 1. The van der Waals surface area contributed by atoms with Gasteiger partial charge in [-0.2, -0.15) is 0 Å². The van der Waals surface area contributed by atoms with Gasteiger partial charge >= 0.3 is 0 Å². The summed E-state index contributed by atoms with van der Waals surface area (Å²) in [4.78, 5) is 23.6. The molecule has 13 heavy (non-hydrogen) atoms. The molecule has 3 heteroatoms. The maximum atomic E-state index is 11.1. The summed E-state index contributed by atoms with van der Waals surface area (Å²) in [5.74, 6) is 5.21. The number of aromatic amines is 1.